The lowest BCUT2D eigenvalue weighted by molar-refractivity contribution is -0.115. The SMILES string of the molecule is CCC(Sc1nc2ccccc2c(=O)[nH]1)C(=O)Nc1cccc(Cl)c1C. The Morgan fingerprint density at radius 3 is 2.81 bits per heavy atom. The number of hydrogen-bond donors (Lipinski definition) is 2. The van der Waals surface area contributed by atoms with E-state index in [4.69, 9.17) is 11.6 Å². The number of carbonyl (C=O) groups is 1. The smallest absolute Gasteiger partial charge is 0.259 e. The number of nitrogens with one attached hydrogen (secondary N) is 2. The molecule has 0 aliphatic rings. The van der Waals surface area contributed by atoms with Crippen LogP contribution in [-0.2, 0) is 4.79 Å². The van der Waals surface area contributed by atoms with Crippen molar-refractivity contribution in [3.63, 3.8) is 0 Å². The number of aromatic nitrogens is 2. The first kappa shape index (κ1) is 18.5. The highest BCUT2D eigenvalue weighted by molar-refractivity contribution is 8.00. The second-order valence-electron chi connectivity index (χ2n) is 5.80. The Labute approximate surface area is 160 Å². The van der Waals surface area contributed by atoms with E-state index in [0.717, 1.165) is 5.56 Å². The van der Waals surface area contributed by atoms with E-state index in [2.05, 4.69) is 15.3 Å². The molecule has 1 unspecified atom stereocenters. The Bertz CT molecular complexity index is 1020. The van der Waals surface area contributed by atoms with Crippen LogP contribution in [0.15, 0.2) is 52.4 Å². The van der Waals surface area contributed by atoms with Crippen molar-refractivity contribution in [2.45, 2.75) is 30.7 Å². The number of H-pyrrole nitrogens is 1. The van der Waals surface area contributed by atoms with E-state index in [1.54, 1.807) is 30.3 Å². The Morgan fingerprint density at radius 2 is 2.04 bits per heavy atom. The van der Waals surface area contributed by atoms with Crippen LogP contribution in [0.25, 0.3) is 10.9 Å². The maximum Gasteiger partial charge on any atom is 0.259 e. The molecule has 0 aliphatic carbocycles. The molecule has 0 saturated carbocycles. The molecule has 2 aromatic carbocycles. The number of thioether (sulfide) groups is 1. The predicted octanol–water partition coefficient (Wildman–Crippen LogP) is 4.39. The second-order valence-corrected chi connectivity index (χ2v) is 7.40. The van der Waals surface area contributed by atoms with Gasteiger partial charge >= 0.3 is 0 Å². The number of anilines is 1. The van der Waals surface area contributed by atoms with E-state index in [0.29, 0.717) is 33.2 Å². The number of hydrogen-bond acceptors (Lipinski definition) is 4. The van der Waals surface area contributed by atoms with Crippen LogP contribution < -0.4 is 10.9 Å². The van der Waals surface area contributed by atoms with Crippen molar-refractivity contribution < 1.29 is 4.79 Å². The average molecular weight is 388 g/mol. The molecule has 1 heterocycles. The number of aromatic amines is 1. The number of carbonyl (C=O) groups excluding carboxylic acids is 1. The first-order valence-corrected chi connectivity index (χ1v) is 9.47. The average Bonchev–Trinajstić information content (AvgIpc) is 2.63. The van der Waals surface area contributed by atoms with Crippen LogP contribution in [0.3, 0.4) is 0 Å². The first-order valence-electron chi connectivity index (χ1n) is 8.21. The van der Waals surface area contributed by atoms with E-state index >= 15 is 0 Å². The molecular formula is C19H18ClN3O2S. The van der Waals surface area contributed by atoms with E-state index < -0.39 is 5.25 Å². The van der Waals surface area contributed by atoms with Gasteiger partial charge in [-0.2, -0.15) is 0 Å². The van der Waals surface area contributed by atoms with Gasteiger partial charge in [0.2, 0.25) is 5.91 Å². The van der Waals surface area contributed by atoms with Crippen molar-refractivity contribution in [1.29, 1.82) is 0 Å². The van der Waals surface area contributed by atoms with Crippen molar-refractivity contribution in [3.8, 4) is 0 Å². The van der Waals surface area contributed by atoms with Crippen molar-refractivity contribution in [2.75, 3.05) is 5.32 Å². The summed E-state index contributed by atoms with van der Waals surface area (Å²) in [6.07, 6.45) is 0.590. The third-order valence-electron chi connectivity index (χ3n) is 4.03. The van der Waals surface area contributed by atoms with Crippen LogP contribution in [0.2, 0.25) is 5.02 Å². The fourth-order valence-corrected chi connectivity index (χ4v) is 3.61. The molecule has 0 saturated heterocycles. The van der Waals surface area contributed by atoms with Gasteiger partial charge in [-0.05, 0) is 43.2 Å². The molecule has 0 bridgehead atoms. The summed E-state index contributed by atoms with van der Waals surface area (Å²) < 4.78 is 0. The molecule has 1 amide bonds. The number of fused-ring (bicyclic) bond motifs is 1. The third kappa shape index (κ3) is 3.92. The van der Waals surface area contributed by atoms with Gasteiger partial charge in [0, 0.05) is 10.7 Å². The largest absolute Gasteiger partial charge is 0.325 e. The molecule has 0 fully saturated rings. The van der Waals surface area contributed by atoms with Crippen LogP contribution in [0, 0.1) is 6.92 Å². The maximum atomic E-state index is 12.7. The summed E-state index contributed by atoms with van der Waals surface area (Å²) in [5.41, 5.74) is 1.90. The molecule has 5 nitrogen and oxygen atoms in total. The molecule has 134 valence electrons. The number of amides is 1. The van der Waals surface area contributed by atoms with Gasteiger partial charge in [0.25, 0.3) is 5.56 Å². The van der Waals surface area contributed by atoms with Gasteiger partial charge < -0.3 is 10.3 Å². The van der Waals surface area contributed by atoms with E-state index in [-0.39, 0.29) is 11.5 Å². The highest BCUT2D eigenvalue weighted by Crippen LogP contribution is 2.27. The van der Waals surface area contributed by atoms with Crippen molar-refractivity contribution >= 4 is 45.9 Å². The molecular weight excluding hydrogens is 370 g/mol. The molecule has 0 spiro atoms. The summed E-state index contributed by atoms with van der Waals surface area (Å²) in [6.45, 7) is 3.77. The highest BCUT2D eigenvalue weighted by Gasteiger charge is 2.20. The van der Waals surface area contributed by atoms with Crippen molar-refractivity contribution in [2.24, 2.45) is 0 Å². The lowest BCUT2D eigenvalue weighted by Crippen LogP contribution is -2.25. The summed E-state index contributed by atoms with van der Waals surface area (Å²) in [5, 5.41) is 4.08. The van der Waals surface area contributed by atoms with Gasteiger partial charge in [-0.3, -0.25) is 9.59 Å². The highest BCUT2D eigenvalue weighted by atomic mass is 35.5. The fraction of sp³-hybridized carbons (Fsp3) is 0.211. The van der Waals surface area contributed by atoms with Crippen LogP contribution in [0.4, 0.5) is 5.69 Å². The number of halogens is 1. The number of rotatable bonds is 5. The minimum atomic E-state index is -0.391. The Balaban J connectivity index is 1.82. The summed E-state index contributed by atoms with van der Waals surface area (Å²) in [7, 11) is 0. The monoisotopic (exact) mass is 387 g/mol. The standard InChI is InChI=1S/C19H18ClN3O2S/c1-3-16(18(25)21-14-10-6-8-13(20)11(14)2)26-19-22-15-9-5-4-7-12(15)17(24)23-19/h4-10,16H,3H2,1-2H3,(H,21,25)(H,22,23,24). The Hall–Kier alpha value is -2.31. The van der Waals surface area contributed by atoms with Crippen LogP contribution >= 0.6 is 23.4 Å². The fourth-order valence-electron chi connectivity index (χ4n) is 2.53. The molecule has 3 rings (SSSR count). The van der Waals surface area contributed by atoms with Crippen LogP contribution in [0.5, 0.6) is 0 Å². The van der Waals surface area contributed by atoms with Crippen molar-refractivity contribution in [1.82, 2.24) is 9.97 Å². The maximum absolute atomic E-state index is 12.7. The van der Waals surface area contributed by atoms with Crippen molar-refractivity contribution in [3.05, 3.63) is 63.4 Å². The zero-order valence-corrected chi connectivity index (χ0v) is 15.9. The van der Waals surface area contributed by atoms with Gasteiger partial charge in [0.1, 0.15) is 0 Å². The molecule has 7 heteroatoms. The van der Waals surface area contributed by atoms with Crippen LogP contribution in [0.1, 0.15) is 18.9 Å². The normalized spacial score (nSPS) is 12.1. The minimum Gasteiger partial charge on any atom is -0.325 e. The van der Waals surface area contributed by atoms with Crippen LogP contribution in [-0.4, -0.2) is 21.1 Å². The number of benzene rings is 2. The summed E-state index contributed by atoms with van der Waals surface area (Å²) >= 11 is 7.35. The Kier molecular flexibility index (Phi) is 5.64. The lowest BCUT2D eigenvalue weighted by atomic mass is 10.2. The topological polar surface area (TPSA) is 74.8 Å². The van der Waals surface area contributed by atoms with E-state index in [1.807, 2.05) is 26.0 Å². The molecule has 0 aliphatic heterocycles. The molecule has 3 aromatic rings. The van der Waals surface area contributed by atoms with Gasteiger partial charge in [-0.1, -0.05) is 48.5 Å². The van der Waals surface area contributed by atoms with E-state index in [9.17, 15) is 9.59 Å². The third-order valence-corrected chi connectivity index (χ3v) is 5.69. The van der Waals surface area contributed by atoms with E-state index in [1.165, 1.54) is 11.8 Å². The number of para-hydroxylation sites is 1. The quantitative estimate of drug-likeness (QED) is 0.502. The predicted molar refractivity (Wildman–Crippen MR) is 107 cm³/mol. The zero-order chi connectivity index (χ0) is 18.7. The molecule has 1 aromatic heterocycles. The molecule has 0 radical (unpaired) electrons. The summed E-state index contributed by atoms with van der Waals surface area (Å²) in [5.74, 6) is -0.154. The summed E-state index contributed by atoms with van der Waals surface area (Å²) in [6, 6.07) is 12.5. The van der Waals surface area contributed by atoms with Gasteiger partial charge in [-0.15, -0.1) is 0 Å². The molecule has 2 N–H and O–H groups in total. The molecule has 26 heavy (non-hydrogen) atoms. The Morgan fingerprint density at radius 1 is 1.27 bits per heavy atom. The van der Waals surface area contributed by atoms with Gasteiger partial charge in [-0.25, -0.2) is 4.98 Å². The molecule has 1 atom stereocenters. The summed E-state index contributed by atoms with van der Waals surface area (Å²) in [4.78, 5) is 32.1. The number of nitrogens with zero attached hydrogens (tertiary/aromatic N) is 1. The van der Waals surface area contributed by atoms with Gasteiger partial charge in [0.15, 0.2) is 5.16 Å². The lowest BCUT2D eigenvalue weighted by Gasteiger charge is -2.16. The zero-order valence-electron chi connectivity index (χ0n) is 14.4. The van der Waals surface area contributed by atoms with Gasteiger partial charge in [0.05, 0.1) is 16.2 Å². The second kappa shape index (κ2) is 7.93. The minimum absolute atomic E-state index is 0.154. The first-order chi connectivity index (χ1) is 12.5.